The quantitative estimate of drug-likeness (QED) is 0.113. The van der Waals surface area contributed by atoms with Gasteiger partial charge in [0.25, 0.3) is 0 Å². The fourth-order valence-electron chi connectivity index (χ4n) is 5.01. The topological polar surface area (TPSA) is 78.5 Å². The summed E-state index contributed by atoms with van der Waals surface area (Å²) in [5.41, 5.74) is 5.70. The smallest absolute Gasteiger partial charge is 0.232 e. The van der Waals surface area contributed by atoms with Gasteiger partial charge in [-0.25, -0.2) is 4.48 Å². The van der Waals surface area contributed by atoms with Crippen molar-refractivity contribution in [2.24, 2.45) is 10.7 Å². The van der Waals surface area contributed by atoms with Gasteiger partial charge in [-0.1, -0.05) is 129 Å². The number of allylic oxidation sites excluding steroid dienone is 1. The van der Waals surface area contributed by atoms with Crippen molar-refractivity contribution >= 4 is 11.8 Å². The van der Waals surface area contributed by atoms with E-state index < -0.39 is 5.97 Å². The van der Waals surface area contributed by atoms with Gasteiger partial charge in [0, 0.05) is 12.6 Å². The van der Waals surface area contributed by atoms with E-state index in [2.05, 4.69) is 18.0 Å². The Kier molecular flexibility index (Phi) is 19.7. The molecule has 5 nitrogen and oxygen atoms in total. The van der Waals surface area contributed by atoms with E-state index in [0.717, 1.165) is 12.3 Å². The van der Waals surface area contributed by atoms with Gasteiger partial charge in [0.1, 0.15) is 19.3 Å². The molecular formula is C30H55N3O2. The molecule has 0 aliphatic carbocycles. The molecule has 0 aromatic carbocycles. The summed E-state index contributed by atoms with van der Waals surface area (Å²) in [6.45, 7) is 3.10. The van der Waals surface area contributed by atoms with Crippen LogP contribution in [0.1, 0.15) is 135 Å². The summed E-state index contributed by atoms with van der Waals surface area (Å²) in [4.78, 5) is 15.5. The van der Waals surface area contributed by atoms with E-state index in [0.29, 0.717) is 13.1 Å². The minimum absolute atomic E-state index is 0.115. The highest BCUT2D eigenvalue weighted by molar-refractivity contribution is 5.90. The lowest BCUT2D eigenvalue weighted by atomic mass is 10.0. The van der Waals surface area contributed by atoms with Gasteiger partial charge >= 0.3 is 0 Å². The van der Waals surface area contributed by atoms with Crippen molar-refractivity contribution in [2.45, 2.75) is 135 Å². The predicted molar refractivity (Wildman–Crippen MR) is 148 cm³/mol. The molecule has 2 N–H and O–H groups in total. The zero-order chi connectivity index (χ0) is 25.5. The van der Waals surface area contributed by atoms with Crippen LogP contribution < -0.4 is 10.8 Å². The average Bonchev–Trinajstić information content (AvgIpc) is 3.21. The maximum Gasteiger partial charge on any atom is 0.232 e. The third kappa shape index (κ3) is 16.0. The van der Waals surface area contributed by atoms with Crippen molar-refractivity contribution < 1.29 is 14.4 Å². The molecule has 0 saturated carbocycles. The number of rotatable bonds is 25. The first-order valence-corrected chi connectivity index (χ1v) is 14.8. The first-order valence-electron chi connectivity index (χ1n) is 14.8. The maximum absolute atomic E-state index is 11.2. The van der Waals surface area contributed by atoms with Gasteiger partial charge in [-0.15, -0.1) is 0 Å². The molecule has 0 bridgehead atoms. The van der Waals surface area contributed by atoms with E-state index in [4.69, 9.17) is 5.73 Å². The highest BCUT2D eigenvalue weighted by Crippen LogP contribution is 2.18. The Morgan fingerprint density at radius 3 is 1.71 bits per heavy atom. The number of nitrogens with zero attached hydrogens (tertiary/aromatic N) is 2. The number of carboxylic acids is 1. The molecule has 1 atom stereocenters. The fourth-order valence-corrected chi connectivity index (χ4v) is 5.01. The van der Waals surface area contributed by atoms with Crippen LogP contribution in [0.5, 0.6) is 0 Å². The Bertz CT molecular complexity index is 615. The second-order valence-electron chi connectivity index (χ2n) is 10.4. The van der Waals surface area contributed by atoms with Crippen LogP contribution in [-0.2, 0) is 4.79 Å². The second kappa shape index (κ2) is 21.8. The molecule has 1 aliphatic rings. The third-order valence-electron chi connectivity index (χ3n) is 7.20. The molecule has 0 saturated heterocycles. The van der Waals surface area contributed by atoms with Crippen molar-refractivity contribution in [3.05, 3.63) is 24.6 Å². The van der Waals surface area contributed by atoms with E-state index in [-0.39, 0.29) is 11.0 Å². The summed E-state index contributed by atoms with van der Waals surface area (Å²) < 4.78 is 0.161. The largest absolute Gasteiger partial charge is 0.544 e. The number of carbonyl (C=O) groups excluding carboxylic acids is 1. The van der Waals surface area contributed by atoms with Crippen LogP contribution >= 0.6 is 0 Å². The van der Waals surface area contributed by atoms with E-state index in [1.54, 1.807) is 12.4 Å². The molecule has 0 aromatic heterocycles. The fraction of sp³-hybridized carbons (Fsp3) is 0.800. The van der Waals surface area contributed by atoms with Crippen LogP contribution in [0.15, 0.2) is 29.5 Å². The molecule has 0 fully saturated rings. The van der Waals surface area contributed by atoms with Gasteiger partial charge in [-0.05, 0) is 12.8 Å². The Hall–Kier alpha value is -1.46. The molecule has 0 radical (unpaired) electrons. The number of aliphatic carboxylic acids is 1. The molecule has 1 rings (SSSR count). The van der Waals surface area contributed by atoms with Crippen molar-refractivity contribution in [3.8, 4) is 0 Å². The molecule has 0 amide bonds. The summed E-state index contributed by atoms with van der Waals surface area (Å²) in [5.74, 6) is -0.331. The maximum atomic E-state index is 11.2. The summed E-state index contributed by atoms with van der Waals surface area (Å²) in [7, 11) is 0. The average molecular weight is 490 g/mol. The van der Waals surface area contributed by atoms with E-state index >= 15 is 0 Å². The predicted octanol–water partition coefficient (Wildman–Crippen LogP) is 6.77. The molecule has 0 spiro atoms. The first kappa shape index (κ1) is 31.6. The zero-order valence-electron chi connectivity index (χ0n) is 22.9. The normalized spacial score (nSPS) is 17.5. The lowest BCUT2D eigenvalue weighted by molar-refractivity contribution is -0.778. The first-order chi connectivity index (χ1) is 17.1. The van der Waals surface area contributed by atoms with Crippen LogP contribution in [0.25, 0.3) is 0 Å². The number of carbonyl (C=O) groups is 1. The second-order valence-corrected chi connectivity index (χ2v) is 10.4. The van der Waals surface area contributed by atoms with Gasteiger partial charge in [0.2, 0.25) is 5.84 Å². The highest BCUT2D eigenvalue weighted by atomic mass is 16.4. The highest BCUT2D eigenvalue weighted by Gasteiger charge is 2.33. The van der Waals surface area contributed by atoms with Crippen LogP contribution in [0.3, 0.4) is 0 Å². The number of hydrogen-bond donors (Lipinski definition) is 1. The summed E-state index contributed by atoms with van der Waals surface area (Å²) in [6.07, 6.45) is 35.0. The zero-order valence-corrected chi connectivity index (χ0v) is 22.9. The molecule has 5 heteroatoms. The molecule has 35 heavy (non-hydrogen) atoms. The lowest BCUT2D eigenvalue weighted by Crippen LogP contribution is -2.54. The Morgan fingerprint density at radius 2 is 1.29 bits per heavy atom. The Morgan fingerprint density at radius 1 is 0.829 bits per heavy atom. The number of aliphatic imine (C=N–C) groups is 1. The number of carboxylic acid groups (broad SMARTS) is 1. The van der Waals surface area contributed by atoms with Gasteiger partial charge in [0.15, 0.2) is 0 Å². The monoisotopic (exact) mass is 489 g/mol. The summed E-state index contributed by atoms with van der Waals surface area (Å²) in [5, 5.41) is 11.2. The lowest BCUT2D eigenvalue weighted by Gasteiger charge is -2.31. The van der Waals surface area contributed by atoms with Gasteiger partial charge in [0.05, 0.1) is 12.2 Å². The van der Waals surface area contributed by atoms with Crippen LogP contribution in [0.2, 0.25) is 0 Å². The molecule has 1 heterocycles. The Labute approximate surface area is 216 Å². The van der Waals surface area contributed by atoms with Crippen molar-refractivity contribution in [2.75, 3.05) is 19.6 Å². The number of unbranched alkanes of at least 4 members (excludes halogenated alkanes) is 19. The Balaban J connectivity index is 1.90. The van der Waals surface area contributed by atoms with Gasteiger partial charge < -0.3 is 15.6 Å². The third-order valence-corrected chi connectivity index (χ3v) is 7.20. The van der Waals surface area contributed by atoms with Crippen LogP contribution in [-0.4, -0.2) is 35.9 Å². The standard InChI is InChI=1S/C30H55N3O2/c1-2-3-4-5-6-7-8-9-10-11-12-13-14-15-16-17-18-19-20-21-22-23-29-32-25-27-33(29,26-24-31)28-30(34)35/h22-23,25,27H,2-21,24,26,28,31H2,1H3/b23-22+. The van der Waals surface area contributed by atoms with E-state index in [9.17, 15) is 9.90 Å². The van der Waals surface area contributed by atoms with E-state index in [1.165, 1.54) is 122 Å². The van der Waals surface area contributed by atoms with Crippen molar-refractivity contribution in [3.63, 3.8) is 0 Å². The number of nitrogens with two attached hydrogens (primary N) is 1. The number of quaternary nitrogens is 1. The number of hydrogen-bond acceptors (Lipinski definition) is 4. The number of amidine groups is 1. The van der Waals surface area contributed by atoms with Crippen molar-refractivity contribution in [1.82, 2.24) is 0 Å². The minimum atomic E-state index is -1.08. The summed E-state index contributed by atoms with van der Waals surface area (Å²) in [6, 6.07) is 0. The molecule has 1 aliphatic heterocycles. The van der Waals surface area contributed by atoms with Crippen LogP contribution in [0.4, 0.5) is 0 Å². The van der Waals surface area contributed by atoms with Crippen LogP contribution in [0, 0.1) is 0 Å². The van der Waals surface area contributed by atoms with Crippen molar-refractivity contribution in [1.29, 1.82) is 0 Å². The minimum Gasteiger partial charge on any atom is -0.544 e. The van der Waals surface area contributed by atoms with E-state index in [1.807, 2.05) is 6.08 Å². The SMILES string of the molecule is CCCCCCCCCCCCCCCCCCCCC/C=C/C1=NC=C[N+]1(CCN)CC(=O)[O-]. The van der Waals surface area contributed by atoms with Gasteiger partial charge in [-0.2, -0.15) is 4.99 Å². The molecule has 0 aromatic rings. The molecule has 1 unspecified atom stereocenters. The molecular weight excluding hydrogens is 434 g/mol. The molecule has 202 valence electrons. The summed E-state index contributed by atoms with van der Waals surface area (Å²) >= 11 is 0. The van der Waals surface area contributed by atoms with Gasteiger partial charge in [-0.3, -0.25) is 0 Å².